The van der Waals surface area contributed by atoms with Crippen LogP contribution in [0.5, 0.6) is 0 Å². The summed E-state index contributed by atoms with van der Waals surface area (Å²) < 4.78 is 26.7. The molecule has 1 aliphatic heterocycles. The SMILES string of the molecule is Cc1ccc(C2OOC(c3ccc(COS(C)(=O)=O)cc3)OO2)cc1. The van der Waals surface area contributed by atoms with Crippen LogP contribution in [-0.2, 0) is 40.5 Å². The first-order valence-electron chi connectivity index (χ1n) is 7.55. The van der Waals surface area contributed by atoms with Gasteiger partial charge in [-0.15, -0.1) is 0 Å². The van der Waals surface area contributed by atoms with Gasteiger partial charge >= 0.3 is 0 Å². The van der Waals surface area contributed by atoms with E-state index in [4.69, 9.17) is 23.7 Å². The summed E-state index contributed by atoms with van der Waals surface area (Å²) in [6.45, 7) is 1.95. The molecule has 1 aliphatic rings. The summed E-state index contributed by atoms with van der Waals surface area (Å²) in [5, 5.41) is 0. The smallest absolute Gasteiger partial charge is 0.264 e. The van der Waals surface area contributed by atoms with E-state index in [9.17, 15) is 8.42 Å². The average Bonchev–Trinajstić information content (AvgIpc) is 2.61. The van der Waals surface area contributed by atoms with Gasteiger partial charge in [0.15, 0.2) is 0 Å². The van der Waals surface area contributed by atoms with Crippen LogP contribution in [0.3, 0.4) is 0 Å². The second kappa shape index (κ2) is 7.61. The zero-order valence-corrected chi connectivity index (χ0v) is 14.6. The lowest BCUT2D eigenvalue weighted by atomic mass is 10.1. The fourth-order valence-electron chi connectivity index (χ4n) is 2.13. The highest BCUT2D eigenvalue weighted by Crippen LogP contribution is 2.32. The number of benzene rings is 2. The molecule has 0 N–H and O–H groups in total. The van der Waals surface area contributed by atoms with Crippen molar-refractivity contribution in [1.82, 2.24) is 0 Å². The molecule has 0 atom stereocenters. The van der Waals surface area contributed by atoms with E-state index < -0.39 is 22.7 Å². The van der Waals surface area contributed by atoms with Crippen molar-refractivity contribution in [3.05, 3.63) is 70.8 Å². The molecule has 1 fully saturated rings. The van der Waals surface area contributed by atoms with E-state index >= 15 is 0 Å². The van der Waals surface area contributed by atoms with Gasteiger partial charge in [-0.2, -0.15) is 28.0 Å². The van der Waals surface area contributed by atoms with Gasteiger partial charge in [0.05, 0.1) is 12.9 Å². The Kier molecular flexibility index (Phi) is 5.48. The number of aryl methyl sites for hydroxylation is 1. The van der Waals surface area contributed by atoms with E-state index in [2.05, 4.69) is 0 Å². The van der Waals surface area contributed by atoms with Gasteiger partial charge in [0, 0.05) is 11.1 Å². The molecule has 1 saturated heterocycles. The standard InChI is InChI=1S/C17H18O7S/c1-12-3-7-14(8-4-12)16-21-23-17(24-22-16)15-9-5-13(6-10-15)11-20-25(2,18)19/h3-10,16-17H,11H2,1-2H3. The zero-order chi connectivity index (χ0) is 17.9. The van der Waals surface area contributed by atoms with Crippen molar-refractivity contribution in [2.45, 2.75) is 26.1 Å². The van der Waals surface area contributed by atoms with Crippen LogP contribution < -0.4 is 0 Å². The number of hydrogen-bond donors (Lipinski definition) is 0. The second-order valence-corrected chi connectivity index (χ2v) is 7.31. The summed E-state index contributed by atoms with van der Waals surface area (Å²) >= 11 is 0. The highest BCUT2D eigenvalue weighted by molar-refractivity contribution is 7.85. The molecule has 3 rings (SSSR count). The molecule has 0 aromatic heterocycles. The molecule has 0 aliphatic carbocycles. The highest BCUT2D eigenvalue weighted by Gasteiger charge is 2.28. The van der Waals surface area contributed by atoms with E-state index in [1.165, 1.54) is 0 Å². The van der Waals surface area contributed by atoms with E-state index in [0.29, 0.717) is 11.1 Å². The zero-order valence-electron chi connectivity index (χ0n) is 13.7. The van der Waals surface area contributed by atoms with Gasteiger partial charge < -0.3 is 0 Å². The van der Waals surface area contributed by atoms with Gasteiger partial charge in [0.1, 0.15) is 0 Å². The summed E-state index contributed by atoms with van der Waals surface area (Å²) in [6.07, 6.45) is -0.601. The van der Waals surface area contributed by atoms with Crippen LogP contribution in [0.15, 0.2) is 48.5 Å². The van der Waals surface area contributed by atoms with Crippen LogP contribution >= 0.6 is 0 Å². The van der Waals surface area contributed by atoms with Gasteiger partial charge in [-0.25, -0.2) is 0 Å². The Morgan fingerprint density at radius 3 is 1.72 bits per heavy atom. The van der Waals surface area contributed by atoms with E-state index in [-0.39, 0.29) is 6.61 Å². The van der Waals surface area contributed by atoms with Crippen molar-refractivity contribution >= 4 is 10.1 Å². The van der Waals surface area contributed by atoms with Crippen LogP contribution in [0, 0.1) is 6.92 Å². The van der Waals surface area contributed by atoms with Crippen molar-refractivity contribution in [3.63, 3.8) is 0 Å². The van der Waals surface area contributed by atoms with E-state index in [1.807, 2.05) is 31.2 Å². The van der Waals surface area contributed by atoms with Gasteiger partial charge in [-0.1, -0.05) is 54.1 Å². The lowest BCUT2D eigenvalue weighted by Gasteiger charge is -2.27. The molecule has 0 amide bonds. The number of hydrogen-bond acceptors (Lipinski definition) is 7. The highest BCUT2D eigenvalue weighted by atomic mass is 32.2. The Labute approximate surface area is 146 Å². The molecule has 0 unspecified atom stereocenters. The van der Waals surface area contributed by atoms with Gasteiger partial charge in [0.25, 0.3) is 10.1 Å². The Morgan fingerprint density at radius 1 is 0.840 bits per heavy atom. The van der Waals surface area contributed by atoms with Gasteiger partial charge in [-0.05, 0) is 12.5 Å². The molecule has 7 nitrogen and oxygen atoms in total. The second-order valence-electron chi connectivity index (χ2n) is 5.67. The Balaban J connectivity index is 1.56. The normalized spacial score (nSPS) is 21.2. The van der Waals surface area contributed by atoms with Crippen molar-refractivity contribution in [1.29, 1.82) is 0 Å². The van der Waals surface area contributed by atoms with Crippen LogP contribution in [0.2, 0.25) is 0 Å². The van der Waals surface area contributed by atoms with Crippen LogP contribution in [0.1, 0.15) is 34.8 Å². The third-order valence-electron chi connectivity index (χ3n) is 3.50. The Bertz CT molecular complexity index is 792. The molecule has 8 heteroatoms. The monoisotopic (exact) mass is 366 g/mol. The molecule has 0 spiro atoms. The maximum atomic E-state index is 11.0. The third kappa shape index (κ3) is 5.08. The molecule has 2 aromatic carbocycles. The molecule has 0 radical (unpaired) electrons. The molecule has 0 saturated carbocycles. The molecular weight excluding hydrogens is 348 g/mol. The fraction of sp³-hybridized carbons (Fsp3) is 0.294. The van der Waals surface area contributed by atoms with Crippen LogP contribution in [0.25, 0.3) is 0 Å². The lowest BCUT2D eigenvalue weighted by Crippen LogP contribution is -2.22. The average molecular weight is 366 g/mol. The van der Waals surface area contributed by atoms with Crippen molar-refractivity contribution in [2.75, 3.05) is 6.26 Å². The molecule has 1 heterocycles. The minimum Gasteiger partial charge on any atom is -0.265 e. The molecule has 0 bridgehead atoms. The fourth-order valence-corrected chi connectivity index (χ4v) is 2.48. The quantitative estimate of drug-likeness (QED) is 0.594. The summed E-state index contributed by atoms with van der Waals surface area (Å²) in [5.74, 6) is 0. The summed E-state index contributed by atoms with van der Waals surface area (Å²) in [5.41, 5.74) is 3.26. The van der Waals surface area contributed by atoms with Crippen LogP contribution in [0.4, 0.5) is 0 Å². The summed E-state index contributed by atoms with van der Waals surface area (Å²) in [6, 6.07) is 14.4. The first kappa shape index (κ1) is 18.0. The lowest BCUT2D eigenvalue weighted by molar-refractivity contribution is -0.600. The minimum absolute atomic E-state index is 0.0337. The largest absolute Gasteiger partial charge is 0.265 e. The molecule has 25 heavy (non-hydrogen) atoms. The predicted molar refractivity (Wildman–Crippen MR) is 87.1 cm³/mol. The maximum Gasteiger partial charge on any atom is 0.264 e. The van der Waals surface area contributed by atoms with Gasteiger partial charge in [0.2, 0.25) is 12.6 Å². The first-order chi connectivity index (χ1) is 11.9. The summed E-state index contributed by atoms with van der Waals surface area (Å²) in [4.78, 5) is 21.0. The van der Waals surface area contributed by atoms with Crippen molar-refractivity contribution in [2.24, 2.45) is 0 Å². The first-order valence-corrected chi connectivity index (χ1v) is 9.36. The molecular formula is C17H18O7S. The Morgan fingerprint density at radius 2 is 1.28 bits per heavy atom. The minimum atomic E-state index is -3.48. The van der Waals surface area contributed by atoms with E-state index in [1.54, 1.807) is 24.3 Å². The maximum absolute atomic E-state index is 11.0. The third-order valence-corrected chi connectivity index (χ3v) is 4.05. The van der Waals surface area contributed by atoms with Crippen LogP contribution in [-0.4, -0.2) is 14.7 Å². The molecule has 2 aromatic rings. The predicted octanol–water partition coefficient (Wildman–Crippen LogP) is 3.08. The van der Waals surface area contributed by atoms with Gasteiger partial charge in [-0.3, -0.25) is 4.18 Å². The topological polar surface area (TPSA) is 80.3 Å². The number of rotatable bonds is 5. The van der Waals surface area contributed by atoms with Crippen molar-refractivity contribution in [3.8, 4) is 0 Å². The molecule has 134 valence electrons. The Hall–Kier alpha value is -1.81. The van der Waals surface area contributed by atoms with Crippen molar-refractivity contribution < 1.29 is 32.2 Å². The summed E-state index contributed by atoms with van der Waals surface area (Å²) in [7, 11) is -3.48. The van der Waals surface area contributed by atoms with E-state index in [0.717, 1.165) is 17.4 Å².